The minimum Gasteiger partial charge on any atom is -0.250 e. The van der Waals surface area contributed by atoms with E-state index in [9.17, 15) is 4.39 Å². The fourth-order valence-corrected chi connectivity index (χ4v) is 2.02. The van der Waals surface area contributed by atoms with Gasteiger partial charge in [-0.25, -0.2) is 0 Å². The highest BCUT2D eigenvalue weighted by Crippen LogP contribution is 2.26. The second-order valence-corrected chi connectivity index (χ2v) is 3.96. The molecule has 0 spiro atoms. The van der Waals surface area contributed by atoms with E-state index in [-0.39, 0.29) is 6.67 Å². The van der Waals surface area contributed by atoms with Gasteiger partial charge in [-0.2, -0.15) is 0 Å². The van der Waals surface area contributed by atoms with Crippen LogP contribution in [0.3, 0.4) is 0 Å². The Bertz CT molecular complexity index is 227. The maximum atomic E-state index is 11.8. The molecule has 0 aliphatic rings. The van der Waals surface area contributed by atoms with Crippen molar-refractivity contribution in [2.45, 2.75) is 4.90 Å². The molecule has 0 aliphatic carbocycles. The van der Waals surface area contributed by atoms with Gasteiger partial charge in [-0.15, -0.1) is 11.8 Å². The Morgan fingerprint density at radius 3 is 2.73 bits per heavy atom. The summed E-state index contributed by atoms with van der Waals surface area (Å²) in [7, 11) is 0. The quantitative estimate of drug-likeness (QED) is 0.722. The first kappa shape index (κ1) is 9.07. The van der Waals surface area contributed by atoms with Crippen LogP contribution in [-0.2, 0) is 0 Å². The van der Waals surface area contributed by atoms with Crippen LogP contribution in [-0.4, -0.2) is 12.4 Å². The van der Waals surface area contributed by atoms with Gasteiger partial charge in [-0.05, 0) is 28.1 Å². The van der Waals surface area contributed by atoms with E-state index in [1.54, 1.807) is 0 Å². The highest BCUT2D eigenvalue weighted by Gasteiger charge is 1.96. The van der Waals surface area contributed by atoms with Crippen molar-refractivity contribution in [3.63, 3.8) is 0 Å². The summed E-state index contributed by atoms with van der Waals surface area (Å²) in [6.45, 7) is -0.272. The minimum atomic E-state index is -0.272. The number of hydrogen-bond donors (Lipinski definition) is 0. The largest absolute Gasteiger partial charge is 0.250 e. The van der Waals surface area contributed by atoms with E-state index < -0.39 is 0 Å². The molecule has 0 fully saturated rings. The van der Waals surface area contributed by atoms with Crippen molar-refractivity contribution in [3.8, 4) is 0 Å². The van der Waals surface area contributed by atoms with E-state index in [4.69, 9.17) is 0 Å². The lowest BCUT2D eigenvalue weighted by Crippen LogP contribution is -1.80. The lowest BCUT2D eigenvalue weighted by Gasteiger charge is -2.00. The van der Waals surface area contributed by atoms with Crippen molar-refractivity contribution in [3.05, 3.63) is 28.7 Å². The van der Waals surface area contributed by atoms with Gasteiger partial charge < -0.3 is 0 Å². The summed E-state index contributed by atoms with van der Waals surface area (Å²) in [6, 6.07) is 7.83. The molecule has 60 valence electrons. The van der Waals surface area contributed by atoms with Crippen LogP contribution in [0.15, 0.2) is 33.6 Å². The first-order valence-corrected chi connectivity index (χ1v) is 5.05. The zero-order valence-corrected chi connectivity index (χ0v) is 8.29. The van der Waals surface area contributed by atoms with E-state index in [1.165, 1.54) is 11.8 Å². The monoisotopic (exact) mass is 234 g/mol. The van der Waals surface area contributed by atoms with Crippen LogP contribution in [0.4, 0.5) is 4.39 Å². The summed E-state index contributed by atoms with van der Waals surface area (Å²) in [4.78, 5) is 1.10. The van der Waals surface area contributed by atoms with Gasteiger partial charge in [0.05, 0.1) is 6.67 Å². The smallest absolute Gasteiger partial charge is 0.0988 e. The third kappa shape index (κ3) is 2.83. The summed E-state index contributed by atoms with van der Waals surface area (Å²) in [5, 5.41) is 0. The summed E-state index contributed by atoms with van der Waals surface area (Å²) in [6.07, 6.45) is 0. The Labute approximate surface area is 78.3 Å². The standard InChI is InChI=1S/C8H8BrFS/c9-7-3-1-2-4-8(7)11-6-5-10/h1-4H,5-6H2. The molecule has 1 aromatic rings. The van der Waals surface area contributed by atoms with Gasteiger partial charge >= 0.3 is 0 Å². The first-order valence-electron chi connectivity index (χ1n) is 3.28. The maximum absolute atomic E-state index is 11.8. The van der Waals surface area contributed by atoms with Crippen LogP contribution in [0.1, 0.15) is 0 Å². The SMILES string of the molecule is FCCSc1ccccc1Br. The van der Waals surface area contributed by atoms with Crippen LogP contribution in [0.2, 0.25) is 0 Å². The Hall–Kier alpha value is -0.0200. The van der Waals surface area contributed by atoms with Gasteiger partial charge in [0.2, 0.25) is 0 Å². The van der Waals surface area contributed by atoms with Gasteiger partial charge in [-0.3, -0.25) is 4.39 Å². The van der Waals surface area contributed by atoms with Crippen LogP contribution in [0.5, 0.6) is 0 Å². The molecule has 0 aromatic heterocycles. The maximum Gasteiger partial charge on any atom is 0.0988 e. The Kier molecular flexibility index (Phi) is 3.94. The third-order valence-corrected chi connectivity index (χ3v) is 3.15. The summed E-state index contributed by atoms with van der Waals surface area (Å²) in [5.41, 5.74) is 0. The molecule has 11 heavy (non-hydrogen) atoms. The van der Waals surface area contributed by atoms with Gasteiger partial charge in [-0.1, -0.05) is 12.1 Å². The molecule has 0 bridgehead atoms. The van der Waals surface area contributed by atoms with Crippen LogP contribution >= 0.6 is 27.7 Å². The van der Waals surface area contributed by atoms with Crippen LogP contribution in [0, 0.1) is 0 Å². The molecule has 1 aromatic carbocycles. The number of hydrogen-bond acceptors (Lipinski definition) is 1. The summed E-state index contributed by atoms with van der Waals surface area (Å²) >= 11 is 4.91. The molecule has 0 unspecified atom stereocenters. The number of rotatable bonds is 3. The lowest BCUT2D eigenvalue weighted by atomic mass is 10.4. The number of alkyl halides is 1. The fourth-order valence-electron chi connectivity index (χ4n) is 0.710. The van der Waals surface area contributed by atoms with Gasteiger partial charge in [0, 0.05) is 15.1 Å². The van der Waals surface area contributed by atoms with E-state index in [0.29, 0.717) is 5.75 Å². The molecule has 3 heteroatoms. The van der Waals surface area contributed by atoms with E-state index in [1.807, 2.05) is 24.3 Å². The number of halogens is 2. The Morgan fingerprint density at radius 2 is 2.09 bits per heavy atom. The summed E-state index contributed by atoms with van der Waals surface area (Å²) < 4.78 is 12.8. The fraction of sp³-hybridized carbons (Fsp3) is 0.250. The zero-order chi connectivity index (χ0) is 8.10. The molecule has 1 rings (SSSR count). The molecule has 0 saturated carbocycles. The molecule has 0 heterocycles. The molecule has 0 atom stereocenters. The van der Waals surface area contributed by atoms with Crippen molar-refractivity contribution in [1.82, 2.24) is 0 Å². The topological polar surface area (TPSA) is 0 Å². The second kappa shape index (κ2) is 4.78. The molecule has 0 saturated heterocycles. The minimum absolute atomic E-state index is 0.272. The van der Waals surface area contributed by atoms with Crippen LogP contribution < -0.4 is 0 Å². The van der Waals surface area contributed by atoms with Gasteiger partial charge in [0.1, 0.15) is 0 Å². The average Bonchev–Trinajstić information content (AvgIpc) is 2.03. The van der Waals surface area contributed by atoms with Gasteiger partial charge in [0.25, 0.3) is 0 Å². The highest BCUT2D eigenvalue weighted by molar-refractivity contribution is 9.10. The Morgan fingerprint density at radius 1 is 1.36 bits per heavy atom. The Balaban J connectivity index is 2.62. The van der Waals surface area contributed by atoms with Crippen molar-refractivity contribution in [2.75, 3.05) is 12.4 Å². The summed E-state index contributed by atoms with van der Waals surface area (Å²) in [5.74, 6) is 0.530. The number of thioether (sulfide) groups is 1. The van der Waals surface area contributed by atoms with Crippen LogP contribution in [0.25, 0.3) is 0 Å². The second-order valence-electron chi connectivity index (χ2n) is 1.97. The van der Waals surface area contributed by atoms with E-state index in [2.05, 4.69) is 15.9 Å². The van der Waals surface area contributed by atoms with Crippen molar-refractivity contribution in [2.24, 2.45) is 0 Å². The molecule has 0 nitrogen and oxygen atoms in total. The normalized spacial score (nSPS) is 10.0. The van der Waals surface area contributed by atoms with Gasteiger partial charge in [0.15, 0.2) is 0 Å². The van der Waals surface area contributed by atoms with Crippen molar-refractivity contribution >= 4 is 27.7 Å². The highest BCUT2D eigenvalue weighted by atomic mass is 79.9. The van der Waals surface area contributed by atoms with E-state index >= 15 is 0 Å². The molecular weight excluding hydrogens is 227 g/mol. The predicted octanol–water partition coefficient (Wildman–Crippen LogP) is 3.51. The molecule has 0 N–H and O–H groups in total. The zero-order valence-electron chi connectivity index (χ0n) is 5.89. The molecule has 0 aliphatic heterocycles. The third-order valence-electron chi connectivity index (χ3n) is 1.17. The molecule has 0 radical (unpaired) electrons. The van der Waals surface area contributed by atoms with Crippen molar-refractivity contribution in [1.29, 1.82) is 0 Å². The predicted molar refractivity (Wildman–Crippen MR) is 50.8 cm³/mol. The molecular formula is C8H8BrFS. The van der Waals surface area contributed by atoms with Crippen molar-refractivity contribution < 1.29 is 4.39 Å². The van der Waals surface area contributed by atoms with E-state index in [0.717, 1.165) is 9.37 Å². The number of benzene rings is 1. The first-order chi connectivity index (χ1) is 5.34. The molecule has 0 amide bonds. The average molecular weight is 235 g/mol. The lowest BCUT2D eigenvalue weighted by molar-refractivity contribution is 0.533.